The topological polar surface area (TPSA) is 89.8 Å². The first-order valence-electron chi connectivity index (χ1n) is 8.17. The summed E-state index contributed by atoms with van der Waals surface area (Å²) in [7, 11) is 1.49. The number of halogens is 1. The van der Waals surface area contributed by atoms with Gasteiger partial charge in [0.25, 0.3) is 11.6 Å². The molecule has 2 aromatic carbocycles. The number of thiophene rings is 1. The number of non-ortho nitro benzene ring substituents is 1. The van der Waals surface area contributed by atoms with Crippen LogP contribution in [0.4, 0.5) is 10.1 Å². The van der Waals surface area contributed by atoms with Gasteiger partial charge in [0.1, 0.15) is 10.7 Å². The van der Waals surface area contributed by atoms with Crippen molar-refractivity contribution in [1.29, 1.82) is 0 Å². The molecule has 1 amide bonds. The van der Waals surface area contributed by atoms with Crippen LogP contribution >= 0.6 is 11.3 Å². The molecule has 0 atom stereocenters. The van der Waals surface area contributed by atoms with E-state index in [2.05, 4.69) is 0 Å². The lowest BCUT2D eigenvalue weighted by atomic mass is 10.2. The van der Waals surface area contributed by atoms with Crippen molar-refractivity contribution in [1.82, 2.24) is 4.90 Å². The van der Waals surface area contributed by atoms with Gasteiger partial charge in [-0.1, -0.05) is 18.2 Å². The lowest BCUT2D eigenvalue weighted by Gasteiger charge is -2.17. The van der Waals surface area contributed by atoms with Gasteiger partial charge in [-0.2, -0.15) is 0 Å². The minimum absolute atomic E-state index is 0.0512. The smallest absolute Gasteiger partial charge is 0.348 e. The number of likely N-dealkylation sites (N-methyl/N-ethyl adjacent to an activating group) is 1. The minimum atomic E-state index is -0.698. The summed E-state index contributed by atoms with van der Waals surface area (Å²) in [5, 5.41) is 11.4. The maximum absolute atomic E-state index is 13.7. The van der Waals surface area contributed by atoms with E-state index in [1.54, 1.807) is 24.3 Å². The Bertz CT molecular complexity index is 1070. The van der Waals surface area contributed by atoms with Gasteiger partial charge in [-0.05, 0) is 18.2 Å². The van der Waals surface area contributed by atoms with Crippen molar-refractivity contribution in [2.24, 2.45) is 0 Å². The Hall–Kier alpha value is -3.33. The van der Waals surface area contributed by atoms with E-state index in [0.717, 1.165) is 11.3 Å². The number of benzene rings is 2. The zero-order valence-electron chi connectivity index (χ0n) is 14.8. The van der Waals surface area contributed by atoms with Crippen molar-refractivity contribution < 1.29 is 23.6 Å². The Morgan fingerprint density at radius 1 is 1.21 bits per heavy atom. The van der Waals surface area contributed by atoms with Crippen molar-refractivity contribution in [3.8, 4) is 0 Å². The molecule has 0 radical (unpaired) electrons. The highest BCUT2D eigenvalue weighted by atomic mass is 32.1. The molecule has 0 saturated carbocycles. The van der Waals surface area contributed by atoms with Gasteiger partial charge in [0, 0.05) is 41.4 Å². The Labute approximate surface area is 163 Å². The number of ether oxygens (including phenoxy) is 1. The molecule has 28 heavy (non-hydrogen) atoms. The second-order valence-electron chi connectivity index (χ2n) is 6.01. The van der Waals surface area contributed by atoms with Gasteiger partial charge in [-0.15, -0.1) is 11.3 Å². The predicted octanol–water partition coefficient (Wildman–Crippen LogP) is 3.76. The summed E-state index contributed by atoms with van der Waals surface area (Å²) in [5.74, 6) is -1.59. The first-order valence-corrected chi connectivity index (χ1v) is 8.99. The number of hydrogen-bond acceptors (Lipinski definition) is 6. The normalized spacial score (nSPS) is 10.6. The summed E-state index contributed by atoms with van der Waals surface area (Å²) in [6.45, 7) is -0.437. The molecule has 0 aliphatic heterocycles. The molecule has 3 aromatic rings. The van der Waals surface area contributed by atoms with Crippen LogP contribution in [0, 0.1) is 15.9 Å². The first kappa shape index (κ1) is 19.4. The Morgan fingerprint density at radius 3 is 2.68 bits per heavy atom. The molecule has 7 nitrogen and oxygen atoms in total. The van der Waals surface area contributed by atoms with Crippen LogP contribution in [-0.2, 0) is 16.1 Å². The fourth-order valence-corrected chi connectivity index (χ4v) is 3.46. The second kappa shape index (κ2) is 8.13. The number of nitrogens with zero attached hydrogens (tertiary/aromatic N) is 2. The summed E-state index contributed by atoms with van der Waals surface area (Å²) in [6, 6.07) is 11.9. The van der Waals surface area contributed by atoms with Gasteiger partial charge < -0.3 is 9.64 Å². The number of carbonyl (C=O) groups excluding carboxylic acids is 2. The number of esters is 1. The summed E-state index contributed by atoms with van der Waals surface area (Å²) in [6.07, 6.45) is 0. The van der Waals surface area contributed by atoms with E-state index < -0.39 is 29.2 Å². The van der Waals surface area contributed by atoms with Crippen molar-refractivity contribution >= 4 is 39.0 Å². The van der Waals surface area contributed by atoms with Crippen LogP contribution < -0.4 is 0 Å². The zero-order chi connectivity index (χ0) is 20.3. The van der Waals surface area contributed by atoms with E-state index in [0.29, 0.717) is 15.6 Å². The Kier molecular flexibility index (Phi) is 5.65. The quantitative estimate of drug-likeness (QED) is 0.356. The van der Waals surface area contributed by atoms with Crippen LogP contribution in [0.2, 0.25) is 0 Å². The first-order chi connectivity index (χ1) is 13.3. The highest BCUT2D eigenvalue weighted by molar-refractivity contribution is 7.20. The van der Waals surface area contributed by atoms with Crippen LogP contribution in [-0.4, -0.2) is 35.4 Å². The maximum Gasteiger partial charge on any atom is 0.348 e. The van der Waals surface area contributed by atoms with Crippen LogP contribution in [0.3, 0.4) is 0 Å². The lowest BCUT2D eigenvalue weighted by molar-refractivity contribution is -0.384. The van der Waals surface area contributed by atoms with Gasteiger partial charge in [0.2, 0.25) is 0 Å². The summed E-state index contributed by atoms with van der Waals surface area (Å²) in [5.41, 5.74) is 0.283. The highest BCUT2D eigenvalue weighted by Gasteiger charge is 2.17. The molecule has 3 rings (SSSR count). The van der Waals surface area contributed by atoms with E-state index in [4.69, 9.17) is 4.74 Å². The Morgan fingerprint density at radius 2 is 1.96 bits per heavy atom. The third-order valence-electron chi connectivity index (χ3n) is 4.03. The number of fused-ring (bicyclic) bond motifs is 1. The van der Waals surface area contributed by atoms with Gasteiger partial charge in [0.05, 0.1) is 4.92 Å². The van der Waals surface area contributed by atoms with Crippen LogP contribution in [0.5, 0.6) is 0 Å². The number of nitro groups is 1. The van der Waals surface area contributed by atoms with E-state index in [-0.39, 0.29) is 17.1 Å². The average molecular weight is 402 g/mol. The summed E-state index contributed by atoms with van der Waals surface area (Å²) < 4.78 is 19.4. The van der Waals surface area contributed by atoms with Crippen molar-refractivity contribution in [3.63, 3.8) is 0 Å². The highest BCUT2D eigenvalue weighted by Crippen LogP contribution is 2.29. The van der Waals surface area contributed by atoms with E-state index in [9.17, 15) is 24.1 Å². The average Bonchev–Trinajstić information content (AvgIpc) is 3.10. The summed E-state index contributed by atoms with van der Waals surface area (Å²) in [4.78, 5) is 36.2. The van der Waals surface area contributed by atoms with E-state index in [1.807, 2.05) is 0 Å². The molecule has 0 fully saturated rings. The van der Waals surface area contributed by atoms with Gasteiger partial charge in [0.15, 0.2) is 6.61 Å². The predicted molar refractivity (Wildman–Crippen MR) is 102 cm³/mol. The molecule has 0 spiro atoms. The number of rotatable bonds is 6. The molecule has 0 bridgehead atoms. The molecule has 0 unspecified atom stereocenters. The van der Waals surface area contributed by atoms with Crippen molar-refractivity contribution in [2.75, 3.05) is 13.7 Å². The number of carbonyl (C=O) groups is 2. The molecular weight excluding hydrogens is 387 g/mol. The van der Waals surface area contributed by atoms with Crippen molar-refractivity contribution in [3.05, 3.63) is 74.9 Å². The van der Waals surface area contributed by atoms with E-state index >= 15 is 0 Å². The van der Waals surface area contributed by atoms with Crippen LogP contribution in [0.1, 0.15) is 15.2 Å². The Balaban J connectivity index is 1.61. The molecule has 0 N–H and O–H groups in total. The largest absolute Gasteiger partial charge is 0.451 e. The molecule has 0 aliphatic rings. The number of hydrogen-bond donors (Lipinski definition) is 0. The summed E-state index contributed by atoms with van der Waals surface area (Å²) >= 11 is 1.12. The van der Waals surface area contributed by atoms with Crippen LogP contribution in [0.15, 0.2) is 48.5 Å². The molecule has 0 aliphatic carbocycles. The van der Waals surface area contributed by atoms with Gasteiger partial charge in [-0.25, -0.2) is 9.18 Å². The molecule has 1 heterocycles. The van der Waals surface area contributed by atoms with Gasteiger partial charge in [-0.3, -0.25) is 14.9 Å². The molecule has 144 valence electrons. The molecular formula is C19H15FN2O5S. The standard InChI is InChI=1S/C19H15FN2O5S/c1-21(10-12-4-2-3-5-15(12)20)18(23)11-27-19(24)17-9-13-8-14(22(25)26)6-7-16(13)28-17/h2-9H,10-11H2,1H3. The monoisotopic (exact) mass is 402 g/mol. The minimum Gasteiger partial charge on any atom is -0.451 e. The number of nitro benzene ring substituents is 1. The van der Waals surface area contributed by atoms with Crippen molar-refractivity contribution in [2.45, 2.75) is 6.54 Å². The fraction of sp³-hybridized carbons (Fsp3) is 0.158. The third kappa shape index (κ3) is 4.32. The van der Waals surface area contributed by atoms with E-state index in [1.165, 1.54) is 36.2 Å². The third-order valence-corrected chi connectivity index (χ3v) is 5.13. The molecule has 0 saturated heterocycles. The van der Waals surface area contributed by atoms with Crippen LogP contribution in [0.25, 0.3) is 10.1 Å². The SMILES string of the molecule is CN(Cc1ccccc1F)C(=O)COC(=O)c1cc2cc([N+](=O)[O-])ccc2s1. The lowest BCUT2D eigenvalue weighted by Crippen LogP contribution is -2.31. The zero-order valence-corrected chi connectivity index (χ0v) is 15.6. The maximum atomic E-state index is 13.7. The molecule has 9 heteroatoms. The number of amides is 1. The fourth-order valence-electron chi connectivity index (χ4n) is 2.52. The molecule has 1 aromatic heterocycles. The van der Waals surface area contributed by atoms with Gasteiger partial charge >= 0.3 is 5.97 Å². The second-order valence-corrected chi connectivity index (χ2v) is 7.09.